The van der Waals surface area contributed by atoms with Crippen LogP contribution in [0.1, 0.15) is 30.0 Å². The molecule has 0 fully saturated rings. The Morgan fingerprint density at radius 2 is 1.88 bits per heavy atom. The molecule has 0 aliphatic carbocycles. The van der Waals surface area contributed by atoms with Crippen molar-refractivity contribution in [1.82, 2.24) is 0 Å². The van der Waals surface area contributed by atoms with Crippen LogP contribution in [-0.2, 0) is 6.42 Å². The number of aryl methyl sites for hydroxylation is 2. The van der Waals surface area contributed by atoms with Crippen LogP contribution >= 0.6 is 11.3 Å². The van der Waals surface area contributed by atoms with Crippen molar-refractivity contribution in [2.75, 3.05) is 0 Å². The van der Waals surface area contributed by atoms with Gasteiger partial charge in [-0.2, -0.15) is 0 Å². The third-order valence-corrected chi connectivity index (χ3v) is 5.42. The van der Waals surface area contributed by atoms with Crippen molar-refractivity contribution in [2.45, 2.75) is 26.7 Å². The van der Waals surface area contributed by atoms with Crippen molar-refractivity contribution in [1.29, 1.82) is 0 Å². The molecular formula is C21H22N2O2S. The number of amidine groups is 1. The molecular weight excluding hydrogens is 344 g/mol. The predicted molar refractivity (Wildman–Crippen MR) is 108 cm³/mol. The van der Waals surface area contributed by atoms with E-state index in [1.807, 2.05) is 23.6 Å². The molecule has 0 saturated carbocycles. The van der Waals surface area contributed by atoms with E-state index >= 15 is 0 Å². The first-order chi connectivity index (χ1) is 12.5. The van der Waals surface area contributed by atoms with Crippen LogP contribution in [0.15, 0.2) is 53.0 Å². The third-order valence-electron chi connectivity index (χ3n) is 4.39. The summed E-state index contributed by atoms with van der Waals surface area (Å²) in [6.07, 6.45) is 1.91. The lowest BCUT2D eigenvalue weighted by molar-refractivity contribution is 0.318. The Labute approximate surface area is 157 Å². The van der Waals surface area contributed by atoms with E-state index < -0.39 is 0 Å². The van der Waals surface area contributed by atoms with Crippen LogP contribution in [0.2, 0.25) is 0 Å². The predicted octanol–water partition coefficient (Wildman–Crippen LogP) is 5.14. The minimum absolute atomic E-state index is 0.103. The summed E-state index contributed by atoms with van der Waals surface area (Å²) in [7, 11) is 0. The van der Waals surface area contributed by atoms with Gasteiger partial charge in [0, 0.05) is 16.0 Å². The van der Waals surface area contributed by atoms with Crippen LogP contribution < -0.4 is 5.73 Å². The van der Waals surface area contributed by atoms with Gasteiger partial charge in [0.25, 0.3) is 0 Å². The molecule has 5 heteroatoms. The van der Waals surface area contributed by atoms with Gasteiger partial charge >= 0.3 is 0 Å². The maximum absolute atomic E-state index is 9.65. The number of aromatic hydroxyl groups is 1. The molecule has 1 heterocycles. The van der Waals surface area contributed by atoms with E-state index in [9.17, 15) is 10.3 Å². The van der Waals surface area contributed by atoms with Crippen LogP contribution in [0.25, 0.3) is 21.6 Å². The van der Waals surface area contributed by atoms with Gasteiger partial charge in [-0.1, -0.05) is 36.7 Å². The van der Waals surface area contributed by atoms with E-state index in [2.05, 4.69) is 31.1 Å². The fraction of sp³-hybridized carbons (Fsp3) is 0.190. The number of benzene rings is 2. The van der Waals surface area contributed by atoms with Crippen molar-refractivity contribution in [3.63, 3.8) is 0 Å². The van der Waals surface area contributed by atoms with Gasteiger partial charge in [-0.15, -0.1) is 11.3 Å². The van der Waals surface area contributed by atoms with Crippen molar-refractivity contribution in [2.24, 2.45) is 10.9 Å². The highest BCUT2D eigenvalue weighted by Crippen LogP contribution is 2.41. The van der Waals surface area contributed by atoms with Crippen molar-refractivity contribution in [3.8, 4) is 27.3 Å². The number of nitrogens with zero attached hydrogens (tertiary/aromatic N) is 1. The zero-order valence-electron chi connectivity index (χ0n) is 14.9. The SMILES string of the molecule is CCCc1cc(/C(N)=N/O)c(-c2sccc2C)c(-c2ccc(O)cc2)c1. The smallest absolute Gasteiger partial charge is 0.170 e. The average Bonchev–Trinajstić information content (AvgIpc) is 3.07. The Balaban J connectivity index is 2.37. The number of phenolic OH excluding ortho intramolecular Hbond substituents is 1. The summed E-state index contributed by atoms with van der Waals surface area (Å²) in [6, 6.07) is 13.4. The molecule has 0 aliphatic heterocycles. The second kappa shape index (κ2) is 7.62. The van der Waals surface area contributed by atoms with Gasteiger partial charge in [0.15, 0.2) is 5.84 Å². The van der Waals surface area contributed by atoms with Gasteiger partial charge in [0.2, 0.25) is 0 Å². The molecule has 0 aliphatic rings. The maximum atomic E-state index is 9.65. The second-order valence-electron chi connectivity index (χ2n) is 6.28. The number of hydrogen-bond donors (Lipinski definition) is 3. The highest BCUT2D eigenvalue weighted by Gasteiger charge is 2.19. The highest BCUT2D eigenvalue weighted by atomic mass is 32.1. The first-order valence-corrected chi connectivity index (χ1v) is 9.41. The number of hydrogen-bond acceptors (Lipinski definition) is 4. The number of nitrogens with two attached hydrogens (primary N) is 1. The van der Waals surface area contributed by atoms with E-state index in [4.69, 9.17) is 5.73 Å². The quantitative estimate of drug-likeness (QED) is 0.253. The molecule has 0 radical (unpaired) electrons. The van der Waals surface area contributed by atoms with Gasteiger partial charge in [0.1, 0.15) is 5.75 Å². The average molecular weight is 366 g/mol. The summed E-state index contributed by atoms with van der Waals surface area (Å²) in [5.41, 5.74) is 12.0. The third kappa shape index (κ3) is 3.44. The Hall–Kier alpha value is -2.79. The lowest BCUT2D eigenvalue weighted by Gasteiger charge is -2.17. The summed E-state index contributed by atoms with van der Waals surface area (Å²) in [4.78, 5) is 1.10. The molecule has 0 atom stereocenters. The summed E-state index contributed by atoms with van der Waals surface area (Å²) in [6.45, 7) is 4.18. The van der Waals surface area contributed by atoms with E-state index in [1.54, 1.807) is 23.5 Å². The lowest BCUT2D eigenvalue weighted by Crippen LogP contribution is -2.15. The van der Waals surface area contributed by atoms with Crippen LogP contribution in [0.4, 0.5) is 0 Å². The van der Waals surface area contributed by atoms with Crippen LogP contribution in [-0.4, -0.2) is 16.1 Å². The van der Waals surface area contributed by atoms with Gasteiger partial charge in [-0.25, -0.2) is 0 Å². The summed E-state index contributed by atoms with van der Waals surface area (Å²) < 4.78 is 0. The Morgan fingerprint density at radius 3 is 2.46 bits per heavy atom. The fourth-order valence-corrected chi connectivity index (χ4v) is 4.13. The molecule has 3 aromatic rings. The fourth-order valence-electron chi connectivity index (χ4n) is 3.13. The highest BCUT2D eigenvalue weighted by molar-refractivity contribution is 7.13. The molecule has 26 heavy (non-hydrogen) atoms. The topological polar surface area (TPSA) is 78.8 Å². The van der Waals surface area contributed by atoms with E-state index in [1.165, 1.54) is 0 Å². The molecule has 0 spiro atoms. The molecule has 0 saturated heterocycles. The summed E-state index contributed by atoms with van der Waals surface area (Å²) >= 11 is 1.63. The van der Waals surface area contributed by atoms with E-state index in [0.29, 0.717) is 0 Å². The minimum atomic E-state index is 0.103. The zero-order valence-corrected chi connectivity index (χ0v) is 15.7. The molecule has 3 rings (SSSR count). The standard InChI is InChI=1S/C21H22N2O2S/c1-3-4-14-11-17(15-5-7-16(24)8-6-15)19(18(12-14)21(22)23-25)20-13(2)9-10-26-20/h5-12,24-25H,3-4H2,1-2H3,(H2,22,23). The number of oxime groups is 1. The molecule has 4 N–H and O–H groups in total. The number of phenols is 1. The molecule has 2 aromatic carbocycles. The van der Waals surface area contributed by atoms with Gasteiger partial charge in [-0.05, 0) is 65.2 Å². The molecule has 4 nitrogen and oxygen atoms in total. The molecule has 0 amide bonds. The van der Waals surface area contributed by atoms with Gasteiger partial charge in [-0.3, -0.25) is 0 Å². The Bertz CT molecular complexity index is 943. The summed E-state index contributed by atoms with van der Waals surface area (Å²) in [5, 5.41) is 24.3. The normalized spacial score (nSPS) is 11.7. The first kappa shape index (κ1) is 18.0. The van der Waals surface area contributed by atoms with Gasteiger partial charge in [0.05, 0.1) is 0 Å². The first-order valence-electron chi connectivity index (χ1n) is 8.53. The zero-order chi connectivity index (χ0) is 18.7. The molecule has 0 bridgehead atoms. The number of rotatable bonds is 5. The minimum Gasteiger partial charge on any atom is -0.508 e. The van der Waals surface area contributed by atoms with Crippen LogP contribution in [0, 0.1) is 6.92 Å². The van der Waals surface area contributed by atoms with Crippen LogP contribution in [0.5, 0.6) is 5.75 Å². The van der Waals surface area contributed by atoms with Gasteiger partial charge < -0.3 is 16.0 Å². The Kier molecular flexibility index (Phi) is 5.28. The number of thiophene rings is 1. The summed E-state index contributed by atoms with van der Waals surface area (Å²) in [5.74, 6) is 0.328. The molecule has 134 valence electrons. The van der Waals surface area contributed by atoms with Crippen LogP contribution in [0.3, 0.4) is 0 Å². The van der Waals surface area contributed by atoms with Crippen molar-refractivity contribution >= 4 is 17.2 Å². The second-order valence-corrected chi connectivity index (χ2v) is 7.20. The monoisotopic (exact) mass is 366 g/mol. The maximum Gasteiger partial charge on any atom is 0.170 e. The largest absolute Gasteiger partial charge is 0.508 e. The lowest BCUT2D eigenvalue weighted by atomic mass is 9.89. The Morgan fingerprint density at radius 1 is 1.15 bits per heavy atom. The van der Waals surface area contributed by atoms with E-state index in [-0.39, 0.29) is 11.6 Å². The van der Waals surface area contributed by atoms with E-state index in [0.717, 1.165) is 51.1 Å². The molecule has 0 unspecified atom stereocenters. The molecule has 1 aromatic heterocycles. The van der Waals surface area contributed by atoms with Crippen molar-refractivity contribution in [3.05, 3.63) is 64.5 Å². The van der Waals surface area contributed by atoms with Crippen molar-refractivity contribution < 1.29 is 10.3 Å².